The van der Waals surface area contributed by atoms with Gasteiger partial charge in [-0.25, -0.2) is 8.42 Å². The highest BCUT2D eigenvalue weighted by atomic mass is 79.9. The number of carbonyl (C=O) groups is 2. The molecular weight excluding hydrogens is 496 g/mol. The Morgan fingerprint density at radius 1 is 0.967 bits per heavy atom. The van der Waals surface area contributed by atoms with Crippen molar-refractivity contribution >= 4 is 49.3 Å². The van der Waals surface area contributed by atoms with Gasteiger partial charge in [-0.1, -0.05) is 39.7 Å². The van der Waals surface area contributed by atoms with Gasteiger partial charge >= 0.3 is 11.9 Å². The molecule has 2 atom stereocenters. The Bertz CT molecular complexity index is 1030. The van der Waals surface area contributed by atoms with E-state index in [9.17, 15) is 18.0 Å². The summed E-state index contributed by atoms with van der Waals surface area (Å²) in [5, 5.41) is -0.985. The Kier molecular flexibility index (Phi) is 6.60. The SMILES string of the molecule is CCOC(=O)C1(C(=O)OCC)C(c2ccc(Br)cc2)C1S(=O)(=O)c1ccc(Cl)cc1. The van der Waals surface area contributed by atoms with E-state index < -0.39 is 38.4 Å². The summed E-state index contributed by atoms with van der Waals surface area (Å²) in [4.78, 5) is 26.0. The molecule has 0 amide bonds. The van der Waals surface area contributed by atoms with E-state index in [0.29, 0.717) is 10.6 Å². The monoisotopic (exact) mass is 514 g/mol. The second kappa shape index (κ2) is 8.69. The second-order valence-electron chi connectivity index (χ2n) is 6.76. The van der Waals surface area contributed by atoms with Crippen molar-refractivity contribution in [2.24, 2.45) is 5.41 Å². The van der Waals surface area contributed by atoms with Gasteiger partial charge in [-0.15, -0.1) is 0 Å². The number of halogens is 2. The predicted molar refractivity (Wildman–Crippen MR) is 115 cm³/mol. The van der Waals surface area contributed by atoms with Crippen molar-refractivity contribution in [3.05, 3.63) is 63.6 Å². The van der Waals surface area contributed by atoms with Gasteiger partial charge in [0.1, 0.15) is 5.25 Å². The van der Waals surface area contributed by atoms with Gasteiger partial charge in [0.15, 0.2) is 15.3 Å². The van der Waals surface area contributed by atoms with Crippen molar-refractivity contribution in [3.63, 3.8) is 0 Å². The third-order valence-electron chi connectivity index (χ3n) is 5.06. The number of esters is 2. The molecule has 0 heterocycles. The summed E-state index contributed by atoms with van der Waals surface area (Å²) in [5.74, 6) is -2.75. The number of ether oxygens (including phenoxy) is 2. The first-order valence-corrected chi connectivity index (χ1v) is 12.0. The highest BCUT2D eigenvalue weighted by Gasteiger charge is 2.81. The van der Waals surface area contributed by atoms with E-state index in [4.69, 9.17) is 21.1 Å². The zero-order chi connectivity index (χ0) is 22.1. The van der Waals surface area contributed by atoms with Gasteiger partial charge in [0.2, 0.25) is 0 Å². The highest BCUT2D eigenvalue weighted by Crippen LogP contribution is 2.65. The number of rotatable bonds is 7. The van der Waals surface area contributed by atoms with Crippen LogP contribution in [0.4, 0.5) is 0 Å². The topological polar surface area (TPSA) is 86.7 Å². The van der Waals surface area contributed by atoms with Crippen molar-refractivity contribution in [3.8, 4) is 0 Å². The predicted octanol–water partition coefficient (Wildman–Crippen LogP) is 4.15. The van der Waals surface area contributed by atoms with Crippen LogP contribution in [0.2, 0.25) is 5.02 Å². The van der Waals surface area contributed by atoms with Crippen LogP contribution in [-0.4, -0.2) is 38.8 Å². The Morgan fingerprint density at radius 3 is 1.93 bits per heavy atom. The van der Waals surface area contributed by atoms with E-state index >= 15 is 0 Å². The van der Waals surface area contributed by atoms with E-state index in [2.05, 4.69) is 15.9 Å². The first kappa shape index (κ1) is 22.8. The summed E-state index contributed by atoms with van der Waals surface area (Å²) >= 11 is 9.22. The van der Waals surface area contributed by atoms with Crippen molar-refractivity contribution in [1.29, 1.82) is 0 Å². The van der Waals surface area contributed by atoms with Crippen LogP contribution in [0.15, 0.2) is 57.9 Å². The fourth-order valence-corrected chi connectivity index (χ4v) is 6.41. The van der Waals surface area contributed by atoms with Crippen molar-refractivity contribution in [1.82, 2.24) is 0 Å². The second-order valence-corrected chi connectivity index (χ2v) is 10.2. The molecule has 6 nitrogen and oxygen atoms in total. The zero-order valence-corrected chi connectivity index (χ0v) is 19.5. The van der Waals surface area contributed by atoms with Crippen LogP contribution < -0.4 is 0 Å². The molecule has 0 aliphatic heterocycles. The summed E-state index contributed by atoms with van der Waals surface area (Å²) in [7, 11) is -4.10. The molecule has 0 bridgehead atoms. The molecule has 0 N–H and O–H groups in total. The Labute approximate surface area is 188 Å². The number of carbonyl (C=O) groups excluding carboxylic acids is 2. The fraction of sp³-hybridized carbons (Fsp3) is 0.333. The summed E-state index contributed by atoms with van der Waals surface area (Å²) in [6.45, 7) is 3.19. The van der Waals surface area contributed by atoms with Crippen LogP contribution in [-0.2, 0) is 28.9 Å². The van der Waals surface area contributed by atoms with E-state index in [-0.39, 0.29) is 18.1 Å². The van der Waals surface area contributed by atoms with Crippen molar-refractivity contribution in [2.75, 3.05) is 13.2 Å². The van der Waals surface area contributed by atoms with Crippen LogP contribution in [0.1, 0.15) is 25.3 Å². The third kappa shape index (κ3) is 3.76. The average Bonchev–Trinajstić information content (AvgIpc) is 3.42. The molecule has 1 aliphatic rings. The zero-order valence-electron chi connectivity index (χ0n) is 16.3. The van der Waals surface area contributed by atoms with E-state index in [1.807, 2.05) is 0 Å². The van der Waals surface area contributed by atoms with Gasteiger partial charge in [0, 0.05) is 15.4 Å². The molecule has 160 valence electrons. The maximum atomic E-state index is 13.5. The Balaban J connectivity index is 2.19. The molecule has 2 unspecified atom stereocenters. The molecule has 30 heavy (non-hydrogen) atoms. The van der Waals surface area contributed by atoms with Gasteiger partial charge in [0.25, 0.3) is 0 Å². The van der Waals surface area contributed by atoms with Crippen LogP contribution in [0.5, 0.6) is 0 Å². The third-order valence-corrected chi connectivity index (χ3v) is 8.09. The summed E-state index contributed by atoms with van der Waals surface area (Å²) in [5.41, 5.74) is -1.44. The average molecular weight is 516 g/mol. The summed E-state index contributed by atoms with van der Waals surface area (Å²) in [6.07, 6.45) is 0. The standard InChI is InChI=1S/C21H20BrClO6S/c1-3-28-19(24)21(20(25)29-4-2)17(13-5-7-14(22)8-6-13)18(21)30(26,27)16-11-9-15(23)10-12-16/h5-12,17-18H,3-4H2,1-2H3. The van der Waals surface area contributed by atoms with Crippen molar-refractivity contribution < 1.29 is 27.5 Å². The normalized spacial score (nSPS) is 19.7. The van der Waals surface area contributed by atoms with Gasteiger partial charge in [-0.05, 0) is 55.8 Å². The molecule has 0 radical (unpaired) electrons. The van der Waals surface area contributed by atoms with Crippen LogP contribution in [0, 0.1) is 5.41 Å². The summed E-state index contributed by atoms with van der Waals surface area (Å²) < 4.78 is 38.1. The molecule has 0 aromatic heterocycles. The van der Waals surface area contributed by atoms with Gasteiger partial charge < -0.3 is 9.47 Å². The van der Waals surface area contributed by atoms with E-state index in [1.54, 1.807) is 38.1 Å². The highest BCUT2D eigenvalue weighted by molar-refractivity contribution is 9.10. The number of sulfone groups is 1. The van der Waals surface area contributed by atoms with Gasteiger partial charge in [-0.3, -0.25) is 9.59 Å². The lowest BCUT2D eigenvalue weighted by atomic mass is 9.99. The number of hydrogen-bond donors (Lipinski definition) is 0. The van der Waals surface area contributed by atoms with Crippen LogP contribution in [0.25, 0.3) is 0 Å². The smallest absolute Gasteiger partial charge is 0.325 e. The van der Waals surface area contributed by atoms with Gasteiger partial charge in [0.05, 0.1) is 18.1 Å². The minimum atomic E-state index is -4.10. The lowest BCUT2D eigenvalue weighted by Crippen LogP contribution is -2.35. The molecule has 0 saturated heterocycles. The van der Waals surface area contributed by atoms with Gasteiger partial charge in [-0.2, -0.15) is 0 Å². The Hall–Kier alpha value is -1.90. The molecule has 1 fully saturated rings. The minimum Gasteiger partial charge on any atom is -0.465 e. The molecule has 2 aromatic carbocycles. The van der Waals surface area contributed by atoms with Crippen molar-refractivity contribution in [2.45, 2.75) is 29.9 Å². The molecule has 2 aromatic rings. The molecule has 3 rings (SSSR count). The Morgan fingerprint density at radius 2 is 1.47 bits per heavy atom. The first-order chi connectivity index (χ1) is 14.2. The maximum absolute atomic E-state index is 13.5. The quantitative estimate of drug-likeness (QED) is 0.407. The minimum absolute atomic E-state index is 0.000753. The van der Waals surface area contributed by atoms with E-state index in [0.717, 1.165) is 4.47 Å². The molecule has 1 saturated carbocycles. The van der Waals surface area contributed by atoms with Crippen LogP contribution in [0.3, 0.4) is 0 Å². The molecule has 9 heteroatoms. The van der Waals surface area contributed by atoms with Crippen LogP contribution >= 0.6 is 27.5 Å². The van der Waals surface area contributed by atoms with E-state index in [1.165, 1.54) is 24.3 Å². The molecule has 1 aliphatic carbocycles. The largest absolute Gasteiger partial charge is 0.465 e. The summed E-state index contributed by atoms with van der Waals surface area (Å²) in [6, 6.07) is 12.4. The maximum Gasteiger partial charge on any atom is 0.325 e. The number of hydrogen-bond acceptors (Lipinski definition) is 6. The first-order valence-electron chi connectivity index (χ1n) is 9.30. The molecule has 0 spiro atoms. The lowest BCUT2D eigenvalue weighted by molar-refractivity contribution is -0.164. The fourth-order valence-electron chi connectivity index (χ4n) is 3.73. The molecular formula is C21H20BrClO6S. The lowest BCUT2D eigenvalue weighted by Gasteiger charge is -2.15. The number of benzene rings is 2.